The van der Waals surface area contributed by atoms with Crippen LogP contribution in [0.25, 0.3) is 0 Å². The van der Waals surface area contributed by atoms with Crippen molar-refractivity contribution in [3.63, 3.8) is 0 Å². The summed E-state index contributed by atoms with van der Waals surface area (Å²) in [5, 5.41) is 30.3. The van der Waals surface area contributed by atoms with Gasteiger partial charge in [0.05, 0.1) is 19.3 Å². The molecule has 1 fully saturated rings. The molecule has 0 radical (unpaired) electrons. The van der Waals surface area contributed by atoms with Crippen molar-refractivity contribution in [2.45, 2.75) is 83.0 Å². The molecular weight excluding hydrogens is 351 g/mol. The first-order chi connectivity index (χ1) is 12.9. The van der Waals surface area contributed by atoms with E-state index in [1.165, 1.54) is 13.2 Å². The van der Waals surface area contributed by atoms with Gasteiger partial charge < -0.3 is 20.1 Å². The van der Waals surface area contributed by atoms with Crippen LogP contribution in [0, 0.1) is 11.8 Å². The molecule has 0 heterocycles. The van der Waals surface area contributed by atoms with E-state index in [9.17, 15) is 24.5 Å². The highest BCUT2D eigenvalue weighted by atomic mass is 19.1. The lowest BCUT2D eigenvalue weighted by molar-refractivity contribution is -0.140. The largest absolute Gasteiger partial charge is 0.469 e. The predicted molar refractivity (Wildman–Crippen MR) is 103 cm³/mol. The number of carbonyl (C=O) groups excluding carboxylic acids is 1. The first kappa shape index (κ1) is 23.8. The number of hydrogen-bond donors (Lipinski definition) is 3. The van der Waals surface area contributed by atoms with Gasteiger partial charge in [-0.05, 0) is 37.7 Å². The fraction of sp³-hybridized carbons (Fsp3) is 0.762. The van der Waals surface area contributed by atoms with Crippen LogP contribution in [-0.4, -0.2) is 46.7 Å². The number of halogens is 1. The molecule has 0 bridgehead atoms. The van der Waals surface area contributed by atoms with Crippen LogP contribution in [0.2, 0.25) is 0 Å². The topological polar surface area (TPSA) is 87.0 Å². The summed E-state index contributed by atoms with van der Waals surface area (Å²) in [6.45, 7) is 2.04. The van der Waals surface area contributed by atoms with E-state index in [1.807, 2.05) is 19.1 Å². The van der Waals surface area contributed by atoms with Crippen LogP contribution in [0.4, 0.5) is 4.39 Å². The van der Waals surface area contributed by atoms with E-state index in [2.05, 4.69) is 4.74 Å². The number of methoxy groups -OCH3 is 1. The van der Waals surface area contributed by atoms with Crippen molar-refractivity contribution in [3.05, 3.63) is 24.1 Å². The van der Waals surface area contributed by atoms with Gasteiger partial charge in [-0.2, -0.15) is 0 Å². The average Bonchev–Trinajstić information content (AvgIpc) is 2.90. The number of unbranched alkanes of at least 4 members (excludes halogenated alkanes) is 3. The number of aliphatic hydroxyl groups is 3. The maximum Gasteiger partial charge on any atom is 0.305 e. The minimum Gasteiger partial charge on any atom is -0.469 e. The van der Waals surface area contributed by atoms with Crippen molar-refractivity contribution in [1.82, 2.24) is 0 Å². The summed E-state index contributed by atoms with van der Waals surface area (Å²) < 4.78 is 18.9. The normalized spacial score (nSPS) is 27.3. The van der Waals surface area contributed by atoms with E-state index >= 15 is 0 Å². The van der Waals surface area contributed by atoms with Gasteiger partial charge >= 0.3 is 5.97 Å². The van der Waals surface area contributed by atoms with Crippen LogP contribution in [0.1, 0.15) is 64.7 Å². The number of hydrogen-bond acceptors (Lipinski definition) is 5. The van der Waals surface area contributed by atoms with Crippen molar-refractivity contribution in [1.29, 1.82) is 0 Å². The Labute approximate surface area is 161 Å². The standard InChI is InChI=1S/C21H35FO5/c1-3-4-7-11-18(23)17(22)13-16-15(19(24)14-20(16)25)10-8-5-6-9-12-21(26)27-2/h5,8,13,15-16,18-20,23-25H,3-4,6-7,9-12,14H2,1-2H3/b8-5-,17-13-/t15-,16-,18-,19+,20-/m1/s1. The quantitative estimate of drug-likeness (QED) is 0.272. The third-order valence-corrected chi connectivity index (χ3v) is 5.22. The Morgan fingerprint density at radius 1 is 1.22 bits per heavy atom. The second kappa shape index (κ2) is 13.0. The predicted octanol–water partition coefficient (Wildman–Crippen LogP) is 3.43. The van der Waals surface area contributed by atoms with Crippen molar-refractivity contribution < 1.29 is 29.2 Å². The number of ether oxygens (including phenoxy) is 1. The molecule has 0 aromatic rings. The van der Waals surface area contributed by atoms with Gasteiger partial charge in [0.15, 0.2) is 0 Å². The van der Waals surface area contributed by atoms with Gasteiger partial charge in [-0.3, -0.25) is 4.79 Å². The Balaban J connectivity index is 2.56. The molecule has 0 spiro atoms. The summed E-state index contributed by atoms with van der Waals surface area (Å²) in [7, 11) is 1.36. The van der Waals surface area contributed by atoms with Crippen LogP contribution in [0.3, 0.4) is 0 Å². The Morgan fingerprint density at radius 3 is 2.63 bits per heavy atom. The van der Waals surface area contributed by atoms with Gasteiger partial charge in [0, 0.05) is 18.8 Å². The van der Waals surface area contributed by atoms with Crippen LogP contribution in [-0.2, 0) is 9.53 Å². The van der Waals surface area contributed by atoms with Crippen molar-refractivity contribution >= 4 is 5.97 Å². The molecule has 5 atom stereocenters. The number of carbonyl (C=O) groups is 1. The molecule has 0 aromatic carbocycles. The van der Waals surface area contributed by atoms with Gasteiger partial charge in [0.2, 0.25) is 0 Å². The van der Waals surface area contributed by atoms with Gasteiger partial charge in [-0.15, -0.1) is 0 Å². The highest BCUT2D eigenvalue weighted by Crippen LogP contribution is 2.37. The molecule has 0 amide bonds. The van der Waals surface area contributed by atoms with Gasteiger partial charge in [-0.1, -0.05) is 38.3 Å². The Hall–Kier alpha value is -1.24. The molecule has 3 N–H and O–H groups in total. The molecule has 0 unspecified atom stereocenters. The second-order valence-electron chi connectivity index (χ2n) is 7.35. The lowest BCUT2D eigenvalue weighted by Crippen LogP contribution is -2.21. The molecule has 1 aliphatic carbocycles. The van der Waals surface area contributed by atoms with Gasteiger partial charge in [0.25, 0.3) is 0 Å². The first-order valence-electron chi connectivity index (χ1n) is 10.0. The smallest absolute Gasteiger partial charge is 0.305 e. The molecule has 1 rings (SSSR count). The number of allylic oxidation sites excluding steroid dienone is 2. The second-order valence-corrected chi connectivity index (χ2v) is 7.35. The third-order valence-electron chi connectivity index (χ3n) is 5.22. The fourth-order valence-corrected chi connectivity index (χ4v) is 3.53. The number of esters is 1. The molecular formula is C21H35FO5. The van der Waals surface area contributed by atoms with E-state index in [1.54, 1.807) is 0 Å². The molecule has 0 aliphatic heterocycles. The zero-order valence-electron chi connectivity index (χ0n) is 16.5. The summed E-state index contributed by atoms with van der Waals surface area (Å²) in [6, 6.07) is 0. The van der Waals surface area contributed by atoms with E-state index in [0.29, 0.717) is 32.1 Å². The molecule has 156 valence electrons. The summed E-state index contributed by atoms with van der Waals surface area (Å²) in [4.78, 5) is 11.0. The molecule has 5 nitrogen and oxygen atoms in total. The van der Waals surface area contributed by atoms with Gasteiger partial charge in [-0.25, -0.2) is 4.39 Å². The monoisotopic (exact) mass is 386 g/mol. The summed E-state index contributed by atoms with van der Waals surface area (Å²) in [5.41, 5.74) is 0. The summed E-state index contributed by atoms with van der Waals surface area (Å²) in [5.74, 6) is -1.65. The lowest BCUT2D eigenvalue weighted by Gasteiger charge is -2.20. The molecule has 0 aromatic heterocycles. The molecule has 6 heteroatoms. The van der Waals surface area contributed by atoms with Crippen molar-refractivity contribution in [2.24, 2.45) is 11.8 Å². The lowest BCUT2D eigenvalue weighted by atomic mass is 9.89. The third kappa shape index (κ3) is 8.54. The zero-order valence-corrected chi connectivity index (χ0v) is 16.5. The van der Waals surface area contributed by atoms with Crippen LogP contribution in [0.5, 0.6) is 0 Å². The molecule has 27 heavy (non-hydrogen) atoms. The summed E-state index contributed by atoms with van der Waals surface area (Å²) in [6.07, 6.45) is 8.01. The van der Waals surface area contributed by atoms with Crippen LogP contribution >= 0.6 is 0 Å². The van der Waals surface area contributed by atoms with Crippen LogP contribution < -0.4 is 0 Å². The number of aliphatic hydroxyl groups excluding tert-OH is 3. The van der Waals surface area contributed by atoms with Crippen molar-refractivity contribution in [2.75, 3.05) is 7.11 Å². The molecule has 1 aliphatic rings. The zero-order chi connectivity index (χ0) is 20.2. The summed E-state index contributed by atoms with van der Waals surface area (Å²) >= 11 is 0. The minimum atomic E-state index is -1.14. The Kier molecular flexibility index (Phi) is 11.5. The highest BCUT2D eigenvalue weighted by Gasteiger charge is 2.40. The van der Waals surface area contributed by atoms with E-state index in [-0.39, 0.29) is 18.3 Å². The molecule has 0 saturated heterocycles. The van der Waals surface area contributed by atoms with Crippen LogP contribution in [0.15, 0.2) is 24.1 Å². The number of rotatable bonds is 12. The van der Waals surface area contributed by atoms with E-state index < -0.39 is 30.1 Å². The maximum atomic E-state index is 14.3. The SMILES string of the molecule is CCCCC[C@@H](O)/C(F)=C/[C@@H]1[C@@H](C/C=C\CCCC(=O)OC)[C@@H](O)C[C@H]1O. The molecule has 1 saturated carbocycles. The van der Waals surface area contributed by atoms with E-state index in [4.69, 9.17) is 0 Å². The minimum absolute atomic E-state index is 0.210. The first-order valence-corrected chi connectivity index (χ1v) is 10.0. The Bertz CT molecular complexity index is 491. The fourth-order valence-electron chi connectivity index (χ4n) is 3.53. The maximum absolute atomic E-state index is 14.3. The van der Waals surface area contributed by atoms with E-state index in [0.717, 1.165) is 19.3 Å². The van der Waals surface area contributed by atoms with Gasteiger partial charge in [0.1, 0.15) is 11.9 Å². The highest BCUT2D eigenvalue weighted by molar-refractivity contribution is 5.69. The average molecular weight is 387 g/mol. The Morgan fingerprint density at radius 2 is 1.96 bits per heavy atom. The van der Waals surface area contributed by atoms with Crippen molar-refractivity contribution in [3.8, 4) is 0 Å².